The van der Waals surface area contributed by atoms with Gasteiger partial charge in [0.2, 0.25) is 0 Å². The number of amides is 1. The second-order valence-electron chi connectivity index (χ2n) is 1.38. The molecule has 0 heterocycles. The third-order valence-electron chi connectivity index (χ3n) is 0.613. The normalized spacial score (nSPS) is 12.2. The van der Waals surface area contributed by atoms with Gasteiger partial charge in [0.1, 0.15) is 0 Å². The molecule has 2 N–H and O–H groups in total. The maximum absolute atomic E-state index is 11.5. The minimum atomic E-state index is -1.71. The van der Waals surface area contributed by atoms with Crippen LogP contribution in [0.15, 0.2) is 0 Å². The molecule has 1 amide bonds. The molecule has 0 aliphatic rings. The number of hydrogen-bond donors (Lipinski definition) is 1. The van der Waals surface area contributed by atoms with Gasteiger partial charge in [0.25, 0.3) is 0 Å². The van der Waals surface area contributed by atoms with Crippen LogP contribution in [-0.4, -0.2) is 18.2 Å². The molecule has 0 aliphatic carbocycles. The van der Waals surface area contributed by atoms with E-state index in [1.54, 1.807) is 0 Å². The Kier molecular flexibility index (Phi) is 2.63. The van der Waals surface area contributed by atoms with E-state index in [0.29, 0.717) is 0 Å². The molecule has 0 aliphatic heterocycles. The first-order valence-corrected chi connectivity index (χ1v) is 2.19. The van der Waals surface area contributed by atoms with Gasteiger partial charge >= 0.3 is 12.1 Å². The van der Waals surface area contributed by atoms with Crippen LogP contribution in [0.4, 0.5) is 9.18 Å². The zero-order valence-corrected chi connectivity index (χ0v) is 4.76. The van der Waals surface area contributed by atoms with E-state index in [9.17, 15) is 14.0 Å². The molecule has 52 valence electrons. The Hall–Kier alpha value is -1.13. The molecule has 0 saturated carbocycles. The lowest BCUT2D eigenvalue weighted by Gasteiger charge is -2.02. The second-order valence-corrected chi connectivity index (χ2v) is 1.38. The van der Waals surface area contributed by atoms with Crippen LogP contribution in [0.1, 0.15) is 6.92 Å². The summed E-state index contributed by atoms with van der Waals surface area (Å²) in [6.07, 6.45) is -2.55. The largest absolute Gasteiger partial charge is 0.436 e. The maximum Gasteiger partial charge on any atom is 0.405 e. The van der Waals surface area contributed by atoms with Crippen LogP contribution >= 0.6 is 0 Å². The second kappa shape index (κ2) is 3.01. The summed E-state index contributed by atoms with van der Waals surface area (Å²) in [7, 11) is 0. The minimum Gasteiger partial charge on any atom is -0.436 e. The summed E-state index contributed by atoms with van der Waals surface area (Å²) < 4.78 is 15.4. The van der Waals surface area contributed by atoms with Gasteiger partial charge in [-0.25, -0.2) is 4.79 Å². The lowest BCUT2D eigenvalue weighted by Crippen LogP contribution is -2.24. The van der Waals surface area contributed by atoms with Gasteiger partial charge < -0.3 is 10.5 Å². The molecule has 0 aromatic heterocycles. The van der Waals surface area contributed by atoms with Crippen molar-refractivity contribution >= 4 is 12.1 Å². The SMILES string of the molecule is C[C@H](OC(N)=O)C(=O)F. The lowest BCUT2D eigenvalue weighted by atomic mass is 10.4. The molecule has 0 radical (unpaired) electrons. The Labute approximate surface area is 50.8 Å². The molecule has 0 bridgehead atoms. The maximum atomic E-state index is 11.5. The van der Waals surface area contributed by atoms with Gasteiger partial charge in [-0.05, 0) is 6.92 Å². The fourth-order valence-electron chi connectivity index (χ4n) is 0.221. The van der Waals surface area contributed by atoms with Crippen LogP contribution in [0.5, 0.6) is 0 Å². The van der Waals surface area contributed by atoms with Gasteiger partial charge in [-0.15, -0.1) is 0 Å². The fraction of sp³-hybridized carbons (Fsp3) is 0.500. The van der Waals surface area contributed by atoms with Crippen molar-refractivity contribution in [3.63, 3.8) is 0 Å². The predicted octanol–water partition coefficient (Wildman–Crippen LogP) is -0.0337. The van der Waals surface area contributed by atoms with E-state index in [4.69, 9.17) is 0 Å². The molecule has 0 spiro atoms. The van der Waals surface area contributed by atoms with Crippen LogP contribution < -0.4 is 5.73 Å². The van der Waals surface area contributed by atoms with Crippen molar-refractivity contribution in [2.45, 2.75) is 13.0 Å². The highest BCUT2D eigenvalue weighted by Gasteiger charge is 2.13. The summed E-state index contributed by atoms with van der Waals surface area (Å²) in [4.78, 5) is 19.5. The molecule has 0 unspecified atom stereocenters. The van der Waals surface area contributed by atoms with Crippen molar-refractivity contribution in [3.05, 3.63) is 0 Å². The molecule has 5 heteroatoms. The molecule has 0 fully saturated rings. The smallest absolute Gasteiger partial charge is 0.405 e. The van der Waals surface area contributed by atoms with E-state index >= 15 is 0 Å². The number of halogens is 1. The average molecular weight is 135 g/mol. The summed E-state index contributed by atoms with van der Waals surface area (Å²) in [5.41, 5.74) is 4.45. The average Bonchev–Trinajstić information content (AvgIpc) is 1.63. The molecular weight excluding hydrogens is 129 g/mol. The zero-order valence-electron chi connectivity index (χ0n) is 4.76. The molecule has 4 nitrogen and oxygen atoms in total. The third-order valence-corrected chi connectivity index (χ3v) is 0.613. The summed E-state index contributed by atoms with van der Waals surface area (Å²) in [6, 6.07) is -1.71. The van der Waals surface area contributed by atoms with Crippen LogP contribution in [0, 0.1) is 0 Å². The van der Waals surface area contributed by atoms with Crippen LogP contribution in [0.3, 0.4) is 0 Å². The van der Waals surface area contributed by atoms with Crippen molar-refractivity contribution in [2.75, 3.05) is 0 Å². The minimum absolute atomic E-state index is 1.09. The van der Waals surface area contributed by atoms with Crippen molar-refractivity contribution in [1.82, 2.24) is 0 Å². The quantitative estimate of drug-likeness (QED) is 0.540. The number of primary amides is 1. The molecule has 9 heavy (non-hydrogen) atoms. The van der Waals surface area contributed by atoms with Gasteiger partial charge in [0.15, 0.2) is 6.10 Å². The van der Waals surface area contributed by atoms with E-state index in [-0.39, 0.29) is 0 Å². The molecular formula is C4H6FNO3. The first-order chi connectivity index (χ1) is 4.04. The Morgan fingerprint density at radius 3 is 2.22 bits per heavy atom. The summed E-state index contributed by atoms with van der Waals surface area (Å²) in [5.74, 6) is 0. The van der Waals surface area contributed by atoms with Gasteiger partial charge in [-0.2, -0.15) is 4.39 Å². The van der Waals surface area contributed by atoms with Crippen LogP contribution in [-0.2, 0) is 9.53 Å². The molecule has 0 aromatic rings. The van der Waals surface area contributed by atoms with E-state index < -0.39 is 18.2 Å². The number of nitrogens with two attached hydrogens (primary N) is 1. The van der Waals surface area contributed by atoms with Gasteiger partial charge in [-0.1, -0.05) is 0 Å². The number of rotatable bonds is 2. The van der Waals surface area contributed by atoms with Gasteiger partial charge in [-0.3, -0.25) is 4.79 Å². The first kappa shape index (κ1) is 7.87. The Morgan fingerprint density at radius 1 is 1.67 bits per heavy atom. The Balaban J connectivity index is 3.63. The number of hydrogen-bond acceptors (Lipinski definition) is 3. The highest BCUT2D eigenvalue weighted by molar-refractivity contribution is 5.76. The van der Waals surface area contributed by atoms with E-state index in [1.807, 2.05) is 0 Å². The first-order valence-electron chi connectivity index (χ1n) is 2.19. The number of carbonyl (C=O) groups is 2. The molecule has 0 aromatic carbocycles. The fourth-order valence-corrected chi connectivity index (χ4v) is 0.221. The Bertz CT molecular complexity index is 136. The molecule has 0 rings (SSSR count). The summed E-state index contributed by atoms with van der Waals surface area (Å²) >= 11 is 0. The predicted molar refractivity (Wildman–Crippen MR) is 26.2 cm³/mol. The Morgan fingerprint density at radius 2 is 2.11 bits per heavy atom. The van der Waals surface area contributed by atoms with Crippen molar-refractivity contribution in [1.29, 1.82) is 0 Å². The monoisotopic (exact) mass is 135 g/mol. The lowest BCUT2D eigenvalue weighted by molar-refractivity contribution is -0.137. The highest BCUT2D eigenvalue weighted by Crippen LogP contribution is 1.91. The van der Waals surface area contributed by atoms with Gasteiger partial charge in [0.05, 0.1) is 0 Å². The number of ether oxygens (including phenoxy) is 1. The topological polar surface area (TPSA) is 69.4 Å². The van der Waals surface area contributed by atoms with Crippen molar-refractivity contribution < 1.29 is 18.7 Å². The number of carbonyl (C=O) groups excluding carboxylic acids is 2. The van der Waals surface area contributed by atoms with Crippen molar-refractivity contribution in [3.8, 4) is 0 Å². The standard InChI is InChI=1S/C4H6FNO3/c1-2(3(5)7)9-4(6)8/h2H,1H3,(H2,6,8)/t2-/m0/s1. The van der Waals surface area contributed by atoms with E-state index in [1.165, 1.54) is 0 Å². The van der Waals surface area contributed by atoms with Crippen LogP contribution in [0.2, 0.25) is 0 Å². The molecule has 0 saturated heterocycles. The van der Waals surface area contributed by atoms with Gasteiger partial charge in [0, 0.05) is 0 Å². The summed E-state index contributed by atoms with van der Waals surface area (Å²) in [6.45, 7) is 1.09. The third kappa shape index (κ3) is 3.45. The van der Waals surface area contributed by atoms with Crippen LogP contribution in [0.25, 0.3) is 0 Å². The summed E-state index contributed by atoms with van der Waals surface area (Å²) in [5, 5.41) is 0. The molecule has 1 atom stereocenters. The van der Waals surface area contributed by atoms with Crippen molar-refractivity contribution in [2.24, 2.45) is 5.73 Å². The zero-order chi connectivity index (χ0) is 7.44. The van der Waals surface area contributed by atoms with E-state index in [2.05, 4.69) is 10.5 Å². The highest BCUT2D eigenvalue weighted by atomic mass is 19.1. The van der Waals surface area contributed by atoms with E-state index in [0.717, 1.165) is 6.92 Å².